The van der Waals surface area contributed by atoms with E-state index in [4.69, 9.17) is 9.47 Å². The first-order chi connectivity index (χ1) is 12.1. The Kier molecular flexibility index (Phi) is 5.39. The molecule has 2 aromatic carbocycles. The Balaban J connectivity index is 1.72. The van der Waals surface area contributed by atoms with Crippen LogP contribution in [0.15, 0.2) is 42.5 Å². The van der Waals surface area contributed by atoms with Gasteiger partial charge in [-0.2, -0.15) is 0 Å². The minimum absolute atomic E-state index is 0.0422. The summed E-state index contributed by atoms with van der Waals surface area (Å²) in [4.78, 5) is 14.8. The van der Waals surface area contributed by atoms with Crippen molar-refractivity contribution in [3.8, 4) is 5.75 Å². The highest BCUT2D eigenvalue weighted by Crippen LogP contribution is 2.25. The predicted octanol–water partition coefficient (Wildman–Crippen LogP) is 3.40. The zero-order valence-electron chi connectivity index (χ0n) is 15.1. The first kappa shape index (κ1) is 17.5. The van der Waals surface area contributed by atoms with Crippen LogP contribution in [0.1, 0.15) is 27.0 Å². The van der Waals surface area contributed by atoms with Crippen LogP contribution in [0.3, 0.4) is 0 Å². The summed E-state index contributed by atoms with van der Waals surface area (Å²) in [5, 5.41) is 0. The molecule has 1 atom stereocenters. The topological polar surface area (TPSA) is 38.8 Å². The van der Waals surface area contributed by atoms with Gasteiger partial charge in [-0.05, 0) is 42.7 Å². The second-order valence-electron chi connectivity index (χ2n) is 6.58. The fourth-order valence-electron chi connectivity index (χ4n) is 3.48. The van der Waals surface area contributed by atoms with Gasteiger partial charge in [0, 0.05) is 25.1 Å². The predicted molar refractivity (Wildman–Crippen MR) is 98.3 cm³/mol. The molecule has 1 heterocycles. The molecule has 0 N–H and O–H groups in total. The normalized spacial score (nSPS) is 17.4. The van der Waals surface area contributed by atoms with Crippen LogP contribution in [-0.4, -0.2) is 43.7 Å². The molecule has 2 aromatic rings. The zero-order chi connectivity index (χ0) is 17.8. The fraction of sp³-hybridized carbons (Fsp3) is 0.381. The Morgan fingerprint density at radius 2 is 1.88 bits per heavy atom. The van der Waals surface area contributed by atoms with E-state index in [1.165, 1.54) is 5.56 Å². The van der Waals surface area contributed by atoms with Crippen molar-refractivity contribution in [3.05, 3.63) is 64.7 Å². The number of benzene rings is 2. The van der Waals surface area contributed by atoms with Crippen LogP contribution in [0.4, 0.5) is 0 Å². The van der Waals surface area contributed by atoms with Crippen molar-refractivity contribution < 1.29 is 14.3 Å². The number of nitrogens with zero attached hydrogens (tertiary/aromatic N) is 1. The van der Waals surface area contributed by atoms with Gasteiger partial charge >= 0.3 is 0 Å². The molecule has 1 unspecified atom stereocenters. The average Bonchev–Trinajstić information content (AvgIpc) is 2.62. The minimum atomic E-state index is 0.0422. The van der Waals surface area contributed by atoms with E-state index in [0.717, 1.165) is 28.9 Å². The summed E-state index contributed by atoms with van der Waals surface area (Å²) in [7, 11) is 1.66. The molecule has 0 aromatic heterocycles. The number of carbonyl (C=O) groups excluding carboxylic acids is 1. The first-order valence-electron chi connectivity index (χ1n) is 8.68. The second kappa shape index (κ2) is 7.70. The first-order valence-corrected chi connectivity index (χ1v) is 8.68. The van der Waals surface area contributed by atoms with E-state index in [1.54, 1.807) is 7.11 Å². The van der Waals surface area contributed by atoms with Gasteiger partial charge in [0.25, 0.3) is 5.91 Å². The Hall–Kier alpha value is -2.33. The van der Waals surface area contributed by atoms with Gasteiger partial charge in [0.2, 0.25) is 0 Å². The molecule has 1 fully saturated rings. The van der Waals surface area contributed by atoms with Gasteiger partial charge in [-0.1, -0.05) is 30.3 Å². The lowest BCUT2D eigenvalue weighted by molar-refractivity contribution is -0.0208. The summed E-state index contributed by atoms with van der Waals surface area (Å²) in [6.45, 7) is 5.78. The number of methoxy groups -OCH3 is 1. The average molecular weight is 339 g/mol. The lowest BCUT2D eigenvalue weighted by Crippen LogP contribution is -2.46. The highest BCUT2D eigenvalue weighted by molar-refractivity contribution is 5.95. The van der Waals surface area contributed by atoms with Gasteiger partial charge in [-0.15, -0.1) is 0 Å². The smallest absolute Gasteiger partial charge is 0.254 e. The standard InChI is InChI=1S/C21H25NO3/c1-15-11-18(12-16(2)20(15)24-3)21(23)22-9-10-25-19(14-22)13-17-7-5-4-6-8-17/h4-8,11-12,19H,9-10,13-14H2,1-3H3. The van der Waals surface area contributed by atoms with Crippen LogP contribution in [0, 0.1) is 13.8 Å². The molecule has 25 heavy (non-hydrogen) atoms. The summed E-state index contributed by atoms with van der Waals surface area (Å²) in [6.07, 6.45) is 0.867. The van der Waals surface area contributed by atoms with E-state index in [2.05, 4.69) is 12.1 Å². The van der Waals surface area contributed by atoms with E-state index < -0.39 is 0 Å². The summed E-state index contributed by atoms with van der Waals surface area (Å²) in [6, 6.07) is 14.1. The van der Waals surface area contributed by atoms with Crippen LogP contribution < -0.4 is 4.74 Å². The Morgan fingerprint density at radius 3 is 2.52 bits per heavy atom. The van der Waals surface area contributed by atoms with Crippen LogP contribution in [0.5, 0.6) is 5.75 Å². The van der Waals surface area contributed by atoms with Crippen molar-refractivity contribution >= 4 is 5.91 Å². The molecular weight excluding hydrogens is 314 g/mol. The molecular formula is C21H25NO3. The van der Waals surface area contributed by atoms with Crippen molar-refractivity contribution in [1.29, 1.82) is 0 Å². The van der Waals surface area contributed by atoms with Crippen LogP contribution in [0.2, 0.25) is 0 Å². The number of morpholine rings is 1. The summed E-state index contributed by atoms with van der Waals surface area (Å²) in [5.74, 6) is 0.913. The van der Waals surface area contributed by atoms with Crippen LogP contribution in [0.25, 0.3) is 0 Å². The molecule has 4 heteroatoms. The maximum Gasteiger partial charge on any atom is 0.254 e. The Morgan fingerprint density at radius 1 is 1.20 bits per heavy atom. The summed E-state index contributed by atoms with van der Waals surface area (Å²) in [5.41, 5.74) is 3.92. The fourth-order valence-corrected chi connectivity index (χ4v) is 3.48. The molecule has 0 saturated carbocycles. The van der Waals surface area contributed by atoms with Crippen molar-refractivity contribution in [2.45, 2.75) is 26.4 Å². The van der Waals surface area contributed by atoms with Crippen molar-refractivity contribution in [2.75, 3.05) is 26.8 Å². The van der Waals surface area contributed by atoms with E-state index in [9.17, 15) is 4.79 Å². The third-order valence-corrected chi connectivity index (χ3v) is 4.64. The summed E-state index contributed by atoms with van der Waals surface area (Å²) >= 11 is 0. The van der Waals surface area contributed by atoms with Crippen LogP contribution >= 0.6 is 0 Å². The number of hydrogen-bond acceptors (Lipinski definition) is 3. The quantitative estimate of drug-likeness (QED) is 0.857. The van der Waals surface area contributed by atoms with Gasteiger partial charge < -0.3 is 14.4 Å². The molecule has 0 bridgehead atoms. The largest absolute Gasteiger partial charge is 0.496 e. The lowest BCUT2D eigenvalue weighted by Gasteiger charge is -2.33. The Labute approximate surface area is 149 Å². The third kappa shape index (κ3) is 4.02. The molecule has 0 radical (unpaired) electrons. The highest BCUT2D eigenvalue weighted by atomic mass is 16.5. The third-order valence-electron chi connectivity index (χ3n) is 4.64. The molecule has 0 spiro atoms. The van der Waals surface area contributed by atoms with Gasteiger partial charge in [0.1, 0.15) is 5.75 Å². The number of rotatable bonds is 4. The van der Waals surface area contributed by atoms with Gasteiger partial charge in [-0.25, -0.2) is 0 Å². The Bertz CT molecular complexity index is 719. The maximum atomic E-state index is 12.9. The number of amides is 1. The van der Waals surface area contributed by atoms with Crippen molar-refractivity contribution in [2.24, 2.45) is 0 Å². The number of ether oxygens (including phenoxy) is 2. The molecule has 0 aliphatic carbocycles. The van der Waals surface area contributed by atoms with E-state index in [0.29, 0.717) is 19.7 Å². The minimum Gasteiger partial charge on any atom is -0.496 e. The number of aryl methyl sites for hydroxylation is 2. The molecule has 1 amide bonds. The van der Waals surface area contributed by atoms with Crippen molar-refractivity contribution in [1.82, 2.24) is 4.90 Å². The second-order valence-corrected chi connectivity index (χ2v) is 6.58. The number of hydrogen-bond donors (Lipinski definition) is 0. The SMILES string of the molecule is COc1c(C)cc(C(=O)N2CCOC(Cc3ccccc3)C2)cc1C. The van der Waals surface area contributed by atoms with E-state index in [-0.39, 0.29) is 12.0 Å². The van der Waals surface area contributed by atoms with Gasteiger partial charge in [0.05, 0.1) is 19.8 Å². The molecule has 4 nitrogen and oxygen atoms in total. The molecule has 3 rings (SSSR count). The van der Waals surface area contributed by atoms with Crippen molar-refractivity contribution in [3.63, 3.8) is 0 Å². The molecule has 1 aliphatic heterocycles. The molecule has 1 saturated heterocycles. The van der Waals surface area contributed by atoms with E-state index in [1.807, 2.05) is 49.1 Å². The van der Waals surface area contributed by atoms with Crippen LogP contribution in [-0.2, 0) is 11.2 Å². The van der Waals surface area contributed by atoms with Gasteiger partial charge in [-0.3, -0.25) is 4.79 Å². The summed E-state index contributed by atoms with van der Waals surface area (Å²) < 4.78 is 11.3. The number of carbonyl (C=O) groups is 1. The van der Waals surface area contributed by atoms with E-state index >= 15 is 0 Å². The monoisotopic (exact) mass is 339 g/mol. The van der Waals surface area contributed by atoms with Gasteiger partial charge in [0.15, 0.2) is 0 Å². The maximum absolute atomic E-state index is 12.9. The zero-order valence-corrected chi connectivity index (χ0v) is 15.1. The molecule has 1 aliphatic rings. The highest BCUT2D eigenvalue weighted by Gasteiger charge is 2.26. The molecule has 132 valence electrons. The lowest BCUT2D eigenvalue weighted by atomic mass is 10.0.